The van der Waals surface area contributed by atoms with Crippen LogP contribution in [-0.4, -0.2) is 19.4 Å². The van der Waals surface area contributed by atoms with Crippen LogP contribution in [0.25, 0.3) is 0 Å². The van der Waals surface area contributed by atoms with Gasteiger partial charge in [0, 0.05) is 0 Å². The van der Waals surface area contributed by atoms with E-state index in [4.69, 9.17) is 0 Å². The molecule has 1 aromatic rings. The van der Waals surface area contributed by atoms with Gasteiger partial charge in [0.05, 0.1) is 18.9 Å². The summed E-state index contributed by atoms with van der Waals surface area (Å²) in [4.78, 5) is 22.3. The minimum Gasteiger partial charge on any atom is -0.469 e. The molecule has 15 heavy (non-hydrogen) atoms. The number of benzene rings is 1. The van der Waals surface area contributed by atoms with Gasteiger partial charge < -0.3 is 9.53 Å². The van der Waals surface area contributed by atoms with Gasteiger partial charge in [-0.3, -0.25) is 4.79 Å². The van der Waals surface area contributed by atoms with Crippen LogP contribution in [0.1, 0.15) is 18.4 Å². The first-order chi connectivity index (χ1) is 7.20. The summed E-state index contributed by atoms with van der Waals surface area (Å²) in [5, 5.41) is 0. The number of aldehydes is 1. The van der Waals surface area contributed by atoms with Crippen molar-refractivity contribution in [2.45, 2.75) is 12.8 Å². The highest BCUT2D eigenvalue weighted by atomic mass is 16.5. The Kier molecular flexibility index (Phi) is 4.03. The predicted octanol–water partition coefficient (Wildman–Crippen LogP) is 1.78. The lowest BCUT2D eigenvalue weighted by Gasteiger charge is -2.16. The number of ether oxygens (including phenoxy) is 1. The molecule has 0 bridgehead atoms. The molecule has 0 aliphatic heterocycles. The third-order valence-electron chi connectivity index (χ3n) is 2.44. The Morgan fingerprint density at radius 2 is 1.93 bits per heavy atom. The highest BCUT2D eigenvalue weighted by Gasteiger charge is 2.25. The van der Waals surface area contributed by atoms with Gasteiger partial charge in [0.1, 0.15) is 6.29 Å². The number of carbonyl (C=O) groups is 2. The van der Waals surface area contributed by atoms with E-state index in [2.05, 4.69) is 4.74 Å². The van der Waals surface area contributed by atoms with E-state index in [1.54, 1.807) is 6.92 Å². The molecule has 2 unspecified atom stereocenters. The van der Waals surface area contributed by atoms with Crippen LogP contribution in [0.2, 0.25) is 0 Å². The van der Waals surface area contributed by atoms with Gasteiger partial charge in [-0.1, -0.05) is 37.3 Å². The summed E-state index contributed by atoms with van der Waals surface area (Å²) in [6.07, 6.45) is 0.789. The van der Waals surface area contributed by atoms with Crippen molar-refractivity contribution in [3.63, 3.8) is 0 Å². The zero-order valence-electron chi connectivity index (χ0n) is 8.84. The molecule has 3 nitrogen and oxygen atoms in total. The number of hydrogen-bond acceptors (Lipinski definition) is 3. The van der Waals surface area contributed by atoms with Gasteiger partial charge in [0.15, 0.2) is 0 Å². The van der Waals surface area contributed by atoms with Crippen molar-refractivity contribution in [2.75, 3.05) is 7.11 Å². The largest absolute Gasteiger partial charge is 0.469 e. The first kappa shape index (κ1) is 11.4. The molecule has 80 valence electrons. The first-order valence-corrected chi connectivity index (χ1v) is 4.78. The van der Waals surface area contributed by atoms with E-state index >= 15 is 0 Å². The van der Waals surface area contributed by atoms with Crippen LogP contribution in [0.15, 0.2) is 30.3 Å². The molecule has 0 fully saturated rings. The van der Waals surface area contributed by atoms with Crippen molar-refractivity contribution in [3.8, 4) is 0 Å². The lowest BCUT2D eigenvalue weighted by molar-refractivity contribution is -0.146. The summed E-state index contributed by atoms with van der Waals surface area (Å²) in [6, 6.07) is 9.22. The Labute approximate surface area is 89.1 Å². The fourth-order valence-corrected chi connectivity index (χ4v) is 1.49. The van der Waals surface area contributed by atoms with Crippen molar-refractivity contribution >= 4 is 12.3 Å². The molecule has 2 atom stereocenters. The molecule has 0 spiro atoms. The van der Waals surface area contributed by atoms with Crippen LogP contribution in [0.5, 0.6) is 0 Å². The zero-order chi connectivity index (χ0) is 11.3. The van der Waals surface area contributed by atoms with Gasteiger partial charge in [-0.15, -0.1) is 0 Å². The average Bonchev–Trinajstić information content (AvgIpc) is 2.30. The van der Waals surface area contributed by atoms with Gasteiger partial charge in [0.2, 0.25) is 0 Å². The summed E-state index contributed by atoms with van der Waals surface area (Å²) >= 11 is 0. The molecule has 0 heterocycles. The number of hydrogen-bond donors (Lipinski definition) is 0. The second-order valence-corrected chi connectivity index (χ2v) is 3.38. The monoisotopic (exact) mass is 206 g/mol. The topological polar surface area (TPSA) is 43.4 Å². The second-order valence-electron chi connectivity index (χ2n) is 3.38. The zero-order valence-corrected chi connectivity index (χ0v) is 8.84. The van der Waals surface area contributed by atoms with Gasteiger partial charge >= 0.3 is 5.97 Å². The van der Waals surface area contributed by atoms with Crippen LogP contribution in [0.3, 0.4) is 0 Å². The molecule has 0 aliphatic rings. The molecule has 0 aromatic heterocycles. The lowest BCUT2D eigenvalue weighted by atomic mass is 9.88. The molecule has 0 saturated heterocycles. The Bertz CT molecular complexity index is 332. The Morgan fingerprint density at radius 1 is 1.33 bits per heavy atom. The Hall–Kier alpha value is -1.64. The highest BCUT2D eigenvalue weighted by molar-refractivity contribution is 5.79. The third-order valence-corrected chi connectivity index (χ3v) is 2.44. The lowest BCUT2D eigenvalue weighted by Crippen LogP contribution is -2.21. The molecular weight excluding hydrogens is 192 g/mol. The molecule has 0 radical (unpaired) electrons. The van der Waals surface area contributed by atoms with Gasteiger partial charge in [-0.2, -0.15) is 0 Å². The Balaban J connectivity index is 2.89. The summed E-state index contributed by atoms with van der Waals surface area (Å²) in [6.45, 7) is 1.69. The van der Waals surface area contributed by atoms with Crippen LogP contribution >= 0.6 is 0 Å². The van der Waals surface area contributed by atoms with Crippen molar-refractivity contribution in [2.24, 2.45) is 5.92 Å². The second kappa shape index (κ2) is 5.29. The maximum Gasteiger partial charge on any atom is 0.309 e. The van der Waals surface area contributed by atoms with E-state index in [0.717, 1.165) is 11.8 Å². The summed E-state index contributed by atoms with van der Waals surface area (Å²) < 4.78 is 4.62. The molecule has 3 heteroatoms. The van der Waals surface area contributed by atoms with Gasteiger partial charge in [-0.25, -0.2) is 0 Å². The maximum atomic E-state index is 11.3. The van der Waals surface area contributed by atoms with E-state index in [1.165, 1.54) is 7.11 Å². The SMILES string of the molecule is COC(=O)C(C)C(C=O)c1ccccc1. The quantitative estimate of drug-likeness (QED) is 0.557. The minimum absolute atomic E-state index is 0.365. The number of methoxy groups -OCH3 is 1. The molecule has 0 aliphatic carbocycles. The number of esters is 1. The smallest absolute Gasteiger partial charge is 0.309 e. The molecule has 0 amide bonds. The molecule has 0 N–H and O–H groups in total. The summed E-state index contributed by atoms with van der Waals surface area (Å²) in [5.41, 5.74) is 0.838. The summed E-state index contributed by atoms with van der Waals surface area (Å²) in [7, 11) is 1.33. The van der Waals surface area contributed by atoms with Crippen LogP contribution in [-0.2, 0) is 14.3 Å². The van der Waals surface area contributed by atoms with Crippen LogP contribution in [0, 0.1) is 5.92 Å². The van der Waals surface area contributed by atoms with E-state index in [-0.39, 0.29) is 5.97 Å². The average molecular weight is 206 g/mol. The van der Waals surface area contributed by atoms with E-state index in [9.17, 15) is 9.59 Å². The maximum absolute atomic E-state index is 11.3. The standard InChI is InChI=1S/C12H14O3/c1-9(12(14)15-2)11(8-13)10-6-4-3-5-7-10/h3-9,11H,1-2H3. The fourth-order valence-electron chi connectivity index (χ4n) is 1.49. The fraction of sp³-hybridized carbons (Fsp3) is 0.333. The van der Waals surface area contributed by atoms with Gasteiger partial charge in [0.25, 0.3) is 0 Å². The predicted molar refractivity (Wildman–Crippen MR) is 56.4 cm³/mol. The number of rotatable bonds is 4. The Morgan fingerprint density at radius 3 is 2.40 bits per heavy atom. The molecule has 0 saturated carbocycles. The normalized spacial score (nSPS) is 14.0. The first-order valence-electron chi connectivity index (χ1n) is 4.78. The molecule has 1 aromatic carbocycles. The third kappa shape index (κ3) is 2.65. The van der Waals surface area contributed by atoms with Gasteiger partial charge in [-0.05, 0) is 5.56 Å². The van der Waals surface area contributed by atoms with E-state index in [0.29, 0.717) is 0 Å². The van der Waals surface area contributed by atoms with Crippen molar-refractivity contribution in [1.29, 1.82) is 0 Å². The minimum atomic E-state index is -0.449. The van der Waals surface area contributed by atoms with Crippen molar-refractivity contribution in [1.82, 2.24) is 0 Å². The van der Waals surface area contributed by atoms with E-state index in [1.807, 2.05) is 30.3 Å². The van der Waals surface area contributed by atoms with E-state index < -0.39 is 11.8 Å². The summed E-state index contributed by atoms with van der Waals surface area (Å²) in [5.74, 6) is -1.25. The molecular formula is C12H14O3. The number of carbonyl (C=O) groups excluding carboxylic acids is 2. The van der Waals surface area contributed by atoms with Crippen LogP contribution in [0.4, 0.5) is 0 Å². The highest BCUT2D eigenvalue weighted by Crippen LogP contribution is 2.23. The van der Waals surface area contributed by atoms with Crippen LogP contribution < -0.4 is 0 Å². The van der Waals surface area contributed by atoms with Crippen molar-refractivity contribution < 1.29 is 14.3 Å². The molecule has 1 rings (SSSR count). The van der Waals surface area contributed by atoms with Crippen molar-refractivity contribution in [3.05, 3.63) is 35.9 Å².